The lowest BCUT2D eigenvalue weighted by Crippen LogP contribution is -2.28. The summed E-state index contributed by atoms with van der Waals surface area (Å²) in [4.78, 5) is 29.8. The van der Waals surface area contributed by atoms with Crippen LogP contribution in [-0.4, -0.2) is 45.3 Å². The molecule has 9 nitrogen and oxygen atoms in total. The number of aliphatic hydroxyl groups is 1. The van der Waals surface area contributed by atoms with Gasteiger partial charge in [-0.3, -0.25) is 14.2 Å². The smallest absolute Gasteiger partial charge is 0.261 e. The van der Waals surface area contributed by atoms with E-state index in [4.69, 9.17) is 14.8 Å². The summed E-state index contributed by atoms with van der Waals surface area (Å²) in [5.41, 5.74) is 5.14. The average molecular weight is 555 g/mol. The predicted octanol–water partition coefficient (Wildman–Crippen LogP) is 4.39. The number of carbonyl (C=O) groups excluding carboxylic acids is 1. The number of aryl methyl sites for hydroxylation is 2. The Hall–Kier alpha value is -4.76. The molecule has 9 heteroatoms. The quantitative estimate of drug-likeness (QED) is 0.0784. The van der Waals surface area contributed by atoms with Crippen LogP contribution in [0.25, 0.3) is 16.8 Å². The minimum atomic E-state index is -0.124. The van der Waals surface area contributed by atoms with Gasteiger partial charge in [-0.1, -0.05) is 73.1 Å². The number of aromatic nitrogens is 2. The third-order valence-electron chi connectivity index (χ3n) is 6.76. The number of rotatable bonds is 12. The summed E-state index contributed by atoms with van der Waals surface area (Å²) in [5, 5.41) is 24.2. The zero-order chi connectivity index (χ0) is 29.2. The second-order valence-electron chi connectivity index (χ2n) is 9.53. The highest BCUT2D eigenvalue weighted by atomic mass is 16.5. The molecule has 4 rings (SSSR count). The largest absolute Gasteiger partial charge is 0.491 e. The molecule has 0 saturated heterocycles. The third kappa shape index (κ3) is 6.88. The number of nitrogens with one attached hydrogen (secondary N) is 1. The highest BCUT2D eigenvalue weighted by Crippen LogP contribution is 2.25. The molecule has 0 saturated carbocycles. The highest BCUT2D eigenvalue weighted by molar-refractivity contribution is 6.08. The van der Waals surface area contributed by atoms with Crippen LogP contribution in [0.2, 0.25) is 0 Å². The van der Waals surface area contributed by atoms with Crippen LogP contribution in [0.3, 0.4) is 0 Å². The summed E-state index contributed by atoms with van der Waals surface area (Å²) >= 11 is 0. The highest BCUT2D eigenvalue weighted by Gasteiger charge is 2.17. The van der Waals surface area contributed by atoms with Gasteiger partial charge in [-0.25, -0.2) is 4.98 Å². The van der Waals surface area contributed by atoms with Gasteiger partial charge in [-0.05, 0) is 48.6 Å². The number of oxime groups is 1. The maximum Gasteiger partial charge on any atom is 0.261 e. The van der Waals surface area contributed by atoms with Crippen molar-refractivity contribution < 1.29 is 19.8 Å². The number of hydrogen-bond acceptors (Lipinski definition) is 7. The number of benzene rings is 3. The minimum absolute atomic E-state index is 0.0531. The minimum Gasteiger partial charge on any atom is -0.491 e. The van der Waals surface area contributed by atoms with Crippen LogP contribution in [0.4, 0.5) is 0 Å². The van der Waals surface area contributed by atoms with Crippen molar-refractivity contribution in [1.82, 2.24) is 14.9 Å². The van der Waals surface area contributed by atoms with Gasteiger partial charge >= 0.3 is 0 Å². The zero-order valence-electron chi connectivity index (χ0n) is 23.2. The first-order valence-corrected chi connectivity index (χ1v) is 13.6. The van der Waals surface area contributed by atoms with E-state index in [0.29, 0.717) is 47.6 Å². The number of carbonyl (C=O) groups is 1. The van der Waals surface area contributed by atoms with Crippen LogP contribution in [0.5, 0.6) is 5.75 Å². The lowest BCUT2D eigenvalue weighted by atomic mass is 9.96. The Morgan fingerprint density at radius 1 is 1.10 bits per heavy atom. The van der Waals surface area contributed by atoms with Gasteiger partial charge in [0.05, 0.1) is 18.0 Å². The van der Waals surface area contributed by atoms with E-state index >= 15 is 0 Å². The molecule has 0 aliphatic heterocycles. The Labute approximate surface area is 238 Å². The number of amides is 1. The van der Waals surface area contributed by atoms with Gasteiger partial charge in [0.15, 0.2) is 5.84 Å². The van der Waals surface area contributed by atoms with E-state index in [-0.39, 0.29) is 24.6 Å². The number of hydrogen-bond donors (Lipinski definition) is 3. The molecule has 212 valence electrons. The van der Waals surface area contributed by atoms with Crippen LogP contribution in [0.15, 0.2) is 82.7 Å². The monoisotopic (exact) mass is 554 g/mol. The molecule has 0 fully saturated rings. The zero-order valence-corrected chi connectivity index (χ0v) is 23.2. The maximum atomic E-state index is 14.0. The molecule has 0 atom stereocenters. The first kappa shape index (κ1) is 29.2. The molecule has 3 aromatic carbocycles. The van der Waals surface area contributed by atoms with Crippen molar-refractivity contribution in [2.24, 2.45) is 5.16 Å². The summed E-state index contributed by atoms with van der Waals surface area (Å²) in [7, 11) is 0. The molecule has 0 radical (unpaired) electrons. The molecular formula is C32H34N4O5. The van der Waals surface area contributed by atoms with Crippen LogP contribution in [0.1, 0.15) is 48.0 Å². The van der Waals surface area contributed by atoms with E-state index < -0.39 is 0 Å². The second kappa shape index (κ2) is 14.0. The third-order valence-corrected chi connectivity index (χ3v) is 6.76. The molecule has 0 aliphatic rings. The van der Waals surface area contributed by atoms with Gasteiger partial charge in [-0.2, -0.15) is 0 Å². The number of aliphatic hydroxyl groups excluding tert-OH is 1. The van der Waals surface area contributed by atoms with E-state index in [0.717, 1.165) is 35.2 Å². The van der Waals surface area contributed by atoms with Crippen LogP contribution in [0, 0.1) is 6.92 Å². The summed E-state index contributed by atoms with van der Waals surface area (Å²) in [6, 6.07) is 22.3. The van der Waals surface area contributed by atoms with Crippen molar-refractivity contribution in [2.45, 2.75) is 39.5 Å². The average Bonchev–Trinajstić information content (AvgIpc) is 3.00. The number of unbranched alkanes of at least 4 members (excludes halogenated alkanes) is 1. The molecular weight excluding hydrogens is 520 g/mol. The van der Waals surface area contributed by atoms with Crippen molar-refractivity contribution in [3.63, 3.8) is 0 Å². The van der Waals surface area contributed by atoms with Crippen molar-refractivity contribution in [2.75, 3.05) is 13.2 Å². The molecule has 0 bridgehead atoms. The number of amidine groups is 1. The first-order valence-electron chi connectivity index (χ1n) is 13.6. The molecule has 0 spiro atoms. The van der Waals surface area contributed by atoms with Crippen LogP contribution < -0.4 is 15.6 Å². The molecule has 1 amide bonds. The second-order valence-corrected chi connectivity index (χ2v) is 9.53. The Bertz CT molecular complexity index is 1580. The molecule has 0 aliphatic carbocycles. The standard InChI is InChI=1S/C32H34N4O5/c1-3-4-12-30-29(32(39)36(22(2)34-30)25-8-7-9-26(20-25)41-18-17-37)19-23-13-15-24(16-14-23)27-10-5-6-11-28(27)31(35-40)33-21-38/h5-11,13-16,20-21,37,40H,3-4,12,17-19H2,1-2H3,(H,33,35,38). The van der Waals surface area contributed by atoms with E-state index in [1.54, 1.807) is 28.8 Å². The van der Waals surface area contributed by atoms with E-state index in [9.17, 15) is 14.8 Å². The molecule has 1 heterocycles. The van der Waals surface area contributed by atoms with E-state index in [1.807, 2.05) is 55.5 Å². The van der Waals surface area contributed by atoms with Gasteiger partial charge in [0, 0.05) is 23.6 Å². The fourth-order valence-corrected chi connectivity index (χ4v) is 4.79. The van der Waals surface area contributed by atoms with Crippen molar-refractivity contribution in [1.29, 1.82) is 0 Å². The molecule has 41 heavy (non-hydrogen) atoms. The molecule has 3 N–H and O–H groups in total. The first-order chi connectivity index (χ1) is 20.0. The molecule has 0 unspecified atom stereocenters. The number of ether oxygens (including phenoxy) is 1. The van der Waals surface area contributed by atoms with E-state index in [1.165, 1.54) is 0 Å². The lowest BCUT2D eigenvalue weighted by Gasteiger charge is -2.17. The Balaban J connectivity index is 1.72. The Kier molecular flexibility index (Phi) is 10.0. The fourth-order valence-electron chi connectivity index (χ4n) is 4.79. The summed E-state index contributed by atoms with van der Waals surface area (Å²) < 4.78 is 7.17. The summed E-state index contributed by atoms with van der Waals surface area (Å²) in [5.74, 6) is 1.21. The van der Waals surface area contributed by atoms with Crippen LogP contribution in [-0.2, 0) is 17.6 Å². The lowest BCUT2D eigenvalue weighted by molar-refractivity contribution is -0.108. The van der Waals surface area contributed by atoms with Gasteiger partial charge in [-0.15, -0.1) is 0 Å². The van der Waals surface area contributed by atoms with Crippen molar-refractivity contribution in [3.8, 4) is 22.6 Å². The topological polar surface area (TPSA) is 126 Å². The summed E-state index contributed by atoms with van der Waals surface area (Å²) in [6.45, 7) is 4.01. The molecule has 1 aromatic heterocycles. The maximum absolute atomic E-state index is 14.0. The van der Waals surface area contributed by atoms with Crippen molar-refractivity contribution >= 4 is 12.2 Å². The van der Waals surface area contributed by atoms with Gasteiger partial charge in [0.1, 0.15) is 18.2 Å². The van der Waals surface area contributed by atoms with Gasteiger partial charge in [0.25, 0.3) is 5.56 Å². The Morgan fingerprint density at radius 2 is 1.88 bits per heavy atom. The van der Waals surface area contributed by atoms with Crippen molar-refractivity contribution in [3.05, 3.63) is 111 Å². The number of nitrogens with zero attached hydrogens (tertiary/aromatic N) is 3. The normalized spacial score (nSPS) is 11.3. The van der Waals surface area contributed by atoms with Gasteiger partial charge in [0.2, 0.25) is 6.41 Å². The SMILES string of the molecule is CCCCc1nc(C)n(-c2cccc(OCCO)c2)c(=O)c1Cc1ccc(-c2ccccc2/C(=N/O)NC=O)cc1. The van der Waals surface area contributed by atoms with Gasteiger partial charge < -0.3 is 20.4 Å². The Morgan fingerprint density at radius 3 is 2.59 bits per heavy atom. The predicted molar refractivity (Wildman–Crippen MR) is 158 cm³/mol. The van der Waals surface area contributed by atoms with Crippen LogP contribution >= 0.6 is 0 Å². The summed E-state index contributed by atoms with van der Waals surface area (Å²) in [6.07, 6.45) is 3.49. The fraction of sp³-hybridized carbons (Fsp3) is 0.250. The molecule has 4 aromatic rings. The van der Waals surface area contributed by atoms with E-state index in [2.05, 4.69) is 17.4 Å².